The van der Waals surface area contributed by atoms with Crippen LogP contribution in [-0.2, 0) is 9.59 Å². The second-order valence-electron chi connectivity index (χ2n) is 3.38. The van der Waals surface area contributed by atoms with Crippen molar-refractivity contribution in [3.63, 3.8) is 0 Å². The SMILES string of the molecule is CCC(=O)NCCSC(=O)C(C)C(O)CCl. The quantitative estimate of drug-likeness (QED) is 0.534. The summed E-state index contributed by atoms with van der Waals surface area (Å²) >= 11 is 6.55. The molecule has 4 nitrogen and oxygen atoms in total. The Morgan fingerprint density at radius 2 is 2.12 bits per heavy atom. The third-order valence-corrected chi connectivity index (χ3v) is 3.48. The fourth-order valence-electron chi connectivity index (χ4n) is 0.889. The van der Waals surface area contributed by atoms with E-state index in [0.717, 1.165) is 11.8 Å². The molecule has 16 heavy (non-hydrogen) atoms. The van der Waals surface area contributed by atoms with Crippen molar-refractivity contribution < 1.29 is 14.7 Å². The van der Waals surface area contributed by atoms with Crippen molar-refractivity contribution in [2.45, 2.75) is 26.4 Å². The molecule has 0 aliphatic rings. The first-order valence-electron chi connectivity index (χ1n) is 5.20. The van der Waals surface area contributed by atoms with Gasteiger partial charge in [0.25, 0.3) is 0 Å². The van der Waals surface area contributed by atoms with Crippen molar-refractivity contribution in [2.24, 2.45) is 5.92 Å². The molecule has 0 rings (SSSR count). The van der Waals surface area contributed by atoms with Crippen LogP contribution in [0.25, 0.3) is 0 Å². The van der Waals surface area contributed by atoms with Crippen LogP contribution in [0, 0.1) is 5.92 Å². The lowest BCUT2D eigenvalue weighted by Gasteiger charge is -2.14. The van der Waals surface area contributed by atoms with E-state index in [2.05, 4.69) is 5.32 Å². The Hall–Kier alpha value is -0.260. The average Bonchev–Trinajstić information content (AvgIpc) is 2.31. The maximum Gasteiger partial charge on any atom is 0.219 e. The van der Waals surface area contributed by atoms with Gasteiger partial charge in [0.2, 0.25) is 5.91 Å². The molecule has 0 aromatic heterocycles. The number of hydrogen-bond donors (Lipinski definition) is 2. The Labute approximate surface area is 105 Å². The summed E-state index contributed by atoms with van der Waals surface area (Å²) in [5, 5.41) is 11.9. The van der Waals surface area contributed by atoms with E-state index in [1.54, 1.807) is 13.8 Å². The number of rotatable bonds is 7. The Morgan fingerprint density at radius 1 is 1.50 bits per heavy atom. The highest BCUT2D eigenvalue weighted by atomic mass is 35.5. The fourth-order valence-corrected chi connectivity index (χ4v) is 1.98. The maximum atomic E-state index is 11.5. The largest absolute Gasteiger partial charge is 0.391 e. The minimum Gasteiger partial charge on any atom is -0.391 e. The number of aliphatic hydroxyl groups is 1. The summed E-state index contributed by atoms with van der Waals surface area (Å²) in [6.07, 6.45) is -0.355. The predicted octanol–water partition coefficient (Wildman–Crippen LogP) is 1.01. The molecule has 6 heteroatoms. The number of nitrogens with one attached hydrogen (secondary N) is 1. The molecular formula is C10H18ClNO3S. The van der Waals surface area contributed by atoms with Gasteiger partial charge in [-0.25, -0.2) is 0 Å². The van der Waals surface area contributed by atoms with Gasteiger partial charge in [-0.05, 0) is 0 Å². The van der Waals surface area contributed by atoms with Gasteiger partial charge in [0.15, 0.2) is 5.12 Å². The van der Waals surface area contributed by atoms with Gasteiger partial charge < -0.3 is 10.4 Å². The molecule has 0 heterocycles. The van der Waals surface area contributed by atoms with Crippen molar-refractivity contribution in [2.75, 3.05) is 18.2 Å². The molecule has 0 fully saturated rings. The molecular weight excluding hydrogens is 250 g/mol. The molecule has 0 aromatic rings. The molecule has 94 valence electrons. The van der Waals surface area contributed by atoms with Gasteiger partial charge in [-0.3, -0.25) is 9.59 Å². The van der Waals surface area contributed by atoms with Crippen LogP contribution in [-0.4, -0.2) is 40.4 Å². The van der Waals surface area contributed by atoms with Crippen LogP contribution in [0.1, 0.15) is 20.3 Å². The van der Waals surface area contributed by atoms with Crippen molar-refractivity contribution in [3.8, 4) is 0 Å². The van der Waals surface area contributed by atoms with Gasteiger partial charge >= 0.3 is 0 Å². The van der Waals surface area contributed by atoms with Gasteiger partial charge in [-0.1, -0.05) is 25.6 Å². The Kier molecular flexibility index (Phi) is 8.70. The molecule has 0 saturated heterocycles. The number of alkyl halides is 1. The fraction of sp³-hybridized carbons (Fsp3) is 0.800. The Morgan fingerprint density at radius 3 is 2.62 bits per heavy atom. The van der Waals surface area contributed by atoms with E-state index in [4.69, 9.17) is 11.6 Å². The highest BCUT2D eigenvalue weighted by Gasteiger charge is 2.21. The van der Waals surface area contributed by atoms with E-state index in [1.807, 2.05) is 0 Å². The molecule has 0 aliphatic heterocycles. The Bertz CT molecular complexity index is 238. The van der Waals surface area contributed by atoms with E-state index in [9.17, 15) is 14.7 Å². The number of carbonyl (C=O) groups is 2. The third kappa shape index (κ3) is 6.35. The smallest absolute Gasteiger partial charge is 0.219 e. The van der Waals surface area contributed by atoms with E-state index in [1.165, 1.54) is 0 Å². The number of hydrogen-bond acceptors (Lipinski definition) is 4. The molecule has 2 unspecified atom stereocenters. The molecule has 0 aromatic carbocycles. The second-order valence-corrected chi connectivity index (χ2v) is 4.79. The van der Waals surface area contributed by atoms with Crippen LogP contribution in [0.4, 0.5) is 0 Å². The summed E-state index contributed by atoms with van der Waals surface area (Å²) < 4.78 is 0. The van der Waals surface area contributed by atoms with Crippen LogP contribution < -0.4 is 5.32 Å². The lowest BCUT2D eigenvalue weighted by atomic mass is 10.1. The average molecular weight is 268 g/mol. The highest BCUT2D eigenvalue weighted by Crippen LogP contribution is 2.15. The topological polar surface area (TPSA) is 66.4 Å². The van der Waals surface area contributed by atoms with Gasteiger partial charge in [-0.2, -0.15) is 0 Å². The minimum absolute atomic E-state index is 0.0260. The molecule has 0 aliphatic carbocycles. The normalized spacial score (nSPS) is 14.2. The molecule has 2 atom stereocenters. The zero-order chi connectivity index (χ0) is 12.6. The number of amides is 1. The lowest BCUT2D eigenvalue weighted by molar-refractivity contribution is -0.120. The minimum atomic E-state index is -0.799. The van der Waals surface area contributed by atoms with Gasteiger partial charge in [0, 0.05) is 24.6 Å². The van der Waals surface area contributed by atoms with E-state index in [-0.39, 0.29) is 16.9 Å². The number of carbonyl (C=O) groups excluding carboxylic acids is 2. The van der Waals surface area contributed by atoms with Crippen molar-refractivity contribution in [3.05, 3.63) is 0 Å². The zero-order valence-electron chi connectivity index (χ0n) is 9.53. The predicted molar refractivity (Wildman–Crippen MR) is 66.7 cm³/mol. The Balaban J connectivity index is 3.69. The molecule has 0 bridgehead atoms. The standard InChI is InChI=1S/C10H18ClNO3S/c1-3-9(14)12-4-5-16-10(15)7(2)8(13)6-11/h7-8,13H,3-6H2,1-2H3,(H,12,14). The molecule has 0 radical (unpaired) electrons. The summed E-state index contributed by atoms with van der Waals surface area (Å²) in [6, 6.07) is 0. The summed E-state index contributed by atoms with van der Waals surface area (Å²) in [7, 11) is 0. The third-order valence-electron chi connectivity index (χ3n) is 2.10. The van der Waals surface area contributed by atoms with E-state index >= 15 is 0 Å². The van der Waals surface area contributed by atoms with Crippen LogP contribution in [0.15, 0.2) is 0 Å². The lowest BCUT2D eigenvalue weighted by Crippen LogP contribution is -2.28. The van der Waals surface area contributed by atoms with E-state index < -0.39 is 12.0 Å². The monoisotopic (exact) mass is 267 g/mol. The van der Waals surface area contributed by atoms with Gasteiger partial charge in [-0.15, -0.1) is 11.6 Å². The van der Waals surface area contributed by atoms with Crippen LogP contribution in [0.2, 0.25) is 0 Å². The molecule has 0 saturated carbocycles. The molecule has 1 amide bonds. The number of halogens is 1. The van der Waals surface area contributed by atoms with Crippen LogP contribution in [0.3, 0.4) is 0 Å². The first kappa shape index (κ1) is 15.7. The van der Waals surface area contributed by atoms with Crippen molar-refractivity contribution in [1.29, 1.82) is 0 Å². The maximum absolute atomic E-state index is 11.5. The number of aliphatic hydroxyl groups excluding tert-OH is 1. The second kappa shape index (κ2) is 8.84. The number of thioether (sulfide) groups is 1. The molecule has 2 N–H and O–H groups in total. The summed E-state index contributed by atoms with van der Waals surface area (Å²) in [5.41, 5.74) is 0. The summed E-state index contributed by atoms with van der Waals surface area (Å²) in [6.45, 7) is 3.88. The first-order chi connectivity index (χ1) is 7.52. The van der Waals surface area contributed by atoms with Crippen LogP contribution >= 0.6 is 23.4 Å². The van der Waals surface area contributed by atoms with E-state index in [0.29, 0.717) is 18.7 Å². The molecule has 0 spiro atoms. The van der Waals surface area contributed by atoms with Crippen molar-refractivity contribution >= 4 is 34.4 Å². The summed E-state index contributed by atoms with van der Waals surface area (Å²) in [5.74, 6) is 0.0792. The van der Waals surface area contributed by atoms with Gasteiger partial charge in [0.1, 0.15) is 0 Å². The zero-order valence-corrected chi connectivity index (χ0v) is 11.1. The first-order valence-corrected chi connectivity index (χ1v) is 6.72. The van der Waals surface area contributed by atoms with Crippen molar-refractivity contribution in [1.82, 2.24) is 5.32 Å². The summed E-state index contributed by atoms with van der Waals surface area (Å²) in [4.78, 5) is 22.4. The highest BCUT2D eigenvalue weighted by molar-refractivity contribution is 8.13. The van der Waals surface area contributed by atoms with Crippen LogP contribution in [0.5, 0.6) is 0 Å². The van der Waals surface area contributed by atoms with Gasteiger partial charge in [0.05, 0.1) is 12.0 Å².